The number of nitrogens with zero attached hydrogens (tertiary/aromatic N) is 4. The third-order valence-corrected chi connectivity index (χ3v) is 4.77. The molecule has 0 amide bonds. The predicted octanol–water partition coefficient (Wildman–Crippen LogP) is 3.66. The molecule has 1 aromatic carbocycles. The molecule has 0 spiro atoms. The predicted molar refractivity (Wildman–Crippen MR) is 105 cm³/mol. The van der Waals surface area contributed by atoms with Gasteiger partial charge in [0.25, 0.3) is 0 Å². The van der Waals surface area contributed by atoms with Gasteiger partial charge in [-0.25, -0.2) is 4.98 Å². The smallest absolute Gasteiger partial charge is 0.229 e. The Morgan fingerprint density at radius 3 is 2.44 bits per heavy atom. The first-order valence-electron chi connectivity index (χ1n) is 9.14. The molecular formula is C20H29N5. The molecule has 134 valence electrons. The second-order valence-corrected chi connectivity index (χ2v) is 7.58. The maximum absolute atomic E-state index is 4.75. The molecule has 5 heteroatoms. The molecule has 2 heterocycles. The van der Waals surface area contributed by atoms with E-state index in [1.165, 1.54) is 5.56 Å². The van der Waals surface area contributed by atoms with E-state index < -0.39 is 0 Å². The van der Waals surface area contributed by atoms with E-state index in [0.29, 0.717) is 5.95 Å². The molecule has 1 saturated heterocycles. The zero-order valence-electron chi connectivity index (χ0n) is 15.8. The van der Waals surface area contributed by atoms with E-state index in [4.69, 9.17) is 4.98 Å². The molecule has 1 N–H and O–H groups in total. The summed E-state index contributed by atoms with van der Waals surface area (Å²) in [5.74, 6) is 1.66. The van der Waals surface area contributed by atoms with Gasteiger partial charge in [-0.15, -0.1) is 0 Å². The van der Waals surface area contributed by atoms with Crippen LogP contribution >= 0.6 is 0 Å². The zero-order valence-corrected chi connectivity index (χ0v) is 15.8. The summed E-state index contributed by atoms with van der Waals surface area (Å²) < 4.78 is 0. The molecule has 0 atom stereocenters. The van der Waals surface area contributed by atoms with Crippen LogP contribution in [0.1, 0.15) is 33.3 Å². The summed E-state index contributed by atoms with van der Waals surface area (Å²) in [7, 11) is 0. The van der Waals surface area contributed by atoms with Crippen LogP contribution in [0.4, 0.5) is 17.5 Å². The van der Waals surface area contributed by atoms with Crippen molar-refractivity contribution in [2.45, 2.75) is 33.1 Å². The lowest BCUT2D eigenvalue weighted by Gasteiger charge is -2.34. The summed E-state index contributed by atoms with van der Waals surface area (Å²) in [6, 6.07) is 10.4. The number of hydrogen-bond donors (Lipinski definition) is 1. The fraction of sp³-hybridized carbons (Fsp3) is 0.500. The van der Waals surface area contributed by atoms with Crippen LogP contribution in [0.2, 0.25) is 0 Å². The first-order valence-corrected chi connectivity index (χ1v) is 9.14. The van der Waals surface area contributed by atoms with Crippen LogP contribution in [-0.4, -0.2) is 47.6 Å². The first kappa shape index (κ1) is 17.7. The van der Waals surface area contributed by atoms with Gasteiger partial charge in [0.15, 0.2) is 0 Å². The summed E-state index contributed by atoms with van der Waals surface area (Å²) in [5.41, 5.74) is 2.40. The lowest BCUT2D eigenvalue weighted by Crippen LogP contribution is -2.46. The number of para-hydroxylation sites is 1. The van der Waals surface area contributed by atoms with Gasteiger partial charge in [-0.1, -0.05) is 45.9 Å². The molecule has 0 bridgehead atoms. The number of likely N-dealkylation sites (N-methyl/N-ethyl adjacent to an activating group) is 1. The number of benzene rings is 1. The molecule has 0 saturated carbocycles. The van der Waals surface area contributed by atoms with Crippen molar-refractivity contribution < 1.29 is 0 Å². The number of nitrogens with one attached hydrogen (secondary N) is 1. The quantitative estimate of drug-likeness (QED) is 0.921. The number of hydrogen-bond acceptors (Lipinski definition) is 5. The van der Waals surface area contributed by atoms with E-state index in [2.05, 4.69) is 66.0 Å². The highest BCUT2D eigenvalue weighted by atomic mass is 15.3. The average molecular weight is 339 g/mol. The highest BCUT2D eigenvalue weighted by Crippen LogP contribution is 2.30. The highest BCUT2D eigenvalue weighted by molar-refractivity contribution is 5.61. The van der Waals surface area contributed by atoms with Gasteiger partial charge < -0.3 is 15.1 Å². The zero-order chi connectivity index (χ0) is 17.9. The summed E-state index contributed by atoms with van der Waals surface area (Å²) in [4.78, 5) is 14.0. The Kier molecular flexibility index (Phi) is 5.23. The van der Waals surface area contributed by atoms with E-state index >= 15 is 0 Å². The number of anilines is 3. The molecule has 0 aliphatic carbocycles. The van der Waals surface area contributed by atoms with Crippen molar-refractivity contribution in [2.24, 2.45) is 0 Å². The number of aromatic nitrogens is 2. The lowest BCUT2D eigenvalue weighted by molar-refractivity contribution is 0.270. The van der Waals surface area contributed by atoms with Crippen molar-refractivity contribution in [3.05, 3.63) is 42.1 Å². The normalized spacial score (nSPS) is 16.1. The molecule has 0 unspecified atom stereocenters. The van der Waals surface area contributed by atoms with E-state index in [1.807, 2.05) is 18.3 Å². The largest absolute Gasteiger partial charge is 0.354 e. The first-order chi connectivity index (χ1) is 12.0. The van der Waals surface area contributed by atoms with Crippen molar-refractivity contribution in [3.8, 4) is 0 Å². The summed E-state index contributed by atoms with van der Waals surface area (Å²) >= 11 is 0. The Hall–Kier alpha value is -2.14. The van der Waals surface area contributed by atoms with Crippen molar-refractivity contribution >= 4 is 17.5 Å². The van der Waals surface area contributed by atoms with Crippen molar-refractivity contribution in [2.75, 3.05) is 42.9 Å². The second kappa shape index (κ2) is 7.40. The molecule has 2 aromatic rings. The van der Waals surface area contributed by atoms with Gasteiger partial charge in [0.2, 0.25) is 5.95 Å². The molecular weight excluding hydrogens is 310 g/mol. The van der Waals surface area contributed by atoms with Gasteiger partial charge in [-0.05, 0) is 29.7 Å². The standard InChI is InChI=1S/C20H29N5/c1-5-24-12-14-25(15-13-24)18-10-11-21-19(23-18)22-17-9-7-6-8-16(17)20(2,3)4/h6-11H,5,12-15H2,1-4H3,(H,21,22,23). The van der Waals surface area contributed by atoms with Crippen LogP contribution in [0.15, 0.2) is 36.5 Å². The Labute approximate surface area is 151 Å². The monoisotopic (exact) mass is 339 g/mol. The lowest BCUT2D eigenvalue weighted by atomic mass is 9.86. The van der Waals surface area contributed by atoms with Gasteiger partial charge in [0.05, 0.1) is 0 Å². The summed E-state index contributed by atoms with van der Waals surface area (Å²) in [5, 5.41) is 3.42. The van der Waals surface area contributed by atoms with Crippen LogP contribution in [0.3, 0.4) is 0 Å². The Morgan fingerprint density at radius 1 is 1.04 bits per heavy atom. The molecule has 3 rings (SSSR count). The third kappa shape index (κ3) is 4.28. The molecule has 1 fully saturated rings. The van der Waals surface area contributed by atoms with Gasteiger partial charge in [-0.3, -0.25) is 0 Å². The topological polar surface area (TPSA) is 44.3 Å². The minimum Gasteiger partial charge on any atom is -0.354 e. The molecule has 0 radical (unpaired) electrons. The fourth-order valence-corrected chi connectivity index (χ4v) is 3.25. The van der Waals surface area contributed by atoms with E-state index in [1.54, 1.807) is 0 Å². The van der Waals surface area contributed by atoms with Crippen molar-refractivity contribution in [1.82, 2.24) is 14.9 Å². The summed E-state index contributed by atoms with van der Waals surface area (Å²) in [6.07, 6.45) is 1.84. The number of rotatable bonds is 4. The van der Waals surface area contributed by atoms with Crippen molar-refractivity contribution in [3.63, 3.8) is 0 Å². The molecule has 1 aromatic heterocycles. The van der Waals surface area contributed by atoms with Crippen LogP contribution < -0.4 is 10.2 Å². The minimum atomic E-state index is 0.0671. The molecule has 5 nitrogen and oxygen atoms in total. The molecule has 25 heavy (non-hydrogen) atoms. The minimum absolute atomic E-state index is 0.0671. The summed E-state index contributed by atoms with van der Waals surface area (Å²) in [6.45, 7) is 14.2. The Morgan fingerprint density at radius 2 is 1.76 bits per heavy atom. The SMILES string of the molecule is CCN1CCN(c2ccnc(Nc3ccccc3C(C)(C)C)n2)CC1. The van der Waals surface area contributed by atoms with Gasteiger partial charge >= 0.3 is 0 Å². The van der Waals surface area contributed by atoms with Gasteiger partial charge in [0, 0.05) is 38.1 Å². The van der Waals surface area contributed by atoms with Crippen LogP contribution in [0.25, 0.3) is 0 Å². The maximum Gasteiger partial charge on any atom is 0.229 e. The van der Waals surface area contributed by atoms with Gasteiger partial charge in [-0.2, -0.15) is 4.98 Å². The highest BCUT2D eigenvalue weighted by Gasteiger charge is 2.19. The third-order valence-electron chi connectivity index (χ3n) is 4.77. The second-order valence-electron chi connectivity index (χ2n) is 7.58. The Bertz CT molecular complexity index is 699. The van der Waals surface area contributed by atoms with E-state index in [-0.39, 0.29) is 5.41 Å². The van der Waals surface area contributed by atoms with Crippen LogP contribution in [-0.2, 0) is 5.41 Å². The Balaban J connectivity index is 1.77. The van der Waals surface area contributed by atoms with Crippen LogP contribution in [0, 0.1) is 0 Å². The van der Waals surface area contributed by atoms with E-state index in [0.717, 1.165) is 44.2 Å². The van der Waals surface area contributed by atoms with Gasteiger partial charge in [0.1, 0.15) is 5.82 Å². The average Bonchev–Trinajstić information content (AvgIpc) is 2.62. The van der Waals surface area contributed by atoms with Crippen molar-refractivity contribution in [1.29, 1.82) is 0 Å². The van der Waals surface area contributed by atoms with Crippen LogP contribution in [0.5, 0.6) is 0 Å². The maximum atomic E-state index is 4.75. The number of piperazine rings is 1. The molecule has 1 aliphatic heterocycles. The molecule has 1 aliphatic rings. The van der Waals surface area contributed by atoms with E-state index in [9.17, 15) is 0 Å². The fourth-order valence-electron chi connectivity index (χ4n) is 3.25.